The van der Waals surface area contributed by atoms with Crippen LogP contribution >= 0.6 is 11.6 Å². The first-order chi connectivity index (χ1) is 10.0. The van der Waals surface area contributed by atoms with E-state index in [4.69, 9.17) is 22.1 Å². The summed E-state index contributed by atoms with van der Waals surface area (Å²) < 4.78 is 6.82. The molecule has 0 aliphatic heterocycles. The molecule has 9 nitrogen and oxygen atoms in total. The number of nitrogens with zero attached hydrogens (tertiary/aromatic N) is 5. The largest absolute Gasteiger partial charge is 0.383 e. The molecule has 0 aliphatic carbocycles. The Balaban J connectivity index is 2.07. The Morgan fingerprint density at radius 2 is 2.38 bits per heavy atom. The molecule has 0 radical (unpaired) electrons. The van der Waals surface area contributed by atoms with Crippen molar-refractivity contribution in [1.29, 1.82) is 0 Å². The molecule has 2 heterocycles. The number of nitrogens with one attached hydrogen (secondary N) is 1. The summed E-state index contributed by atoms with van der Waals surface area (Å²) in [6.45, 7) is 1.42. The van der Waals surface area contributed by atoms with Gasteiger partial charge in [-0.3, -0.25) is 9.89 Å². The van der Waals surface area contributed by atoms with E-state index in [0.717, 1.165) is 0 Å². The van der Waals surface area contributed by atoms with Gasteiger partial charge < -0.3 is 19.9 Å². The molecule has 0 atom stereocenters. The highest BCUT2D eigenvalue weighted by molar-refractivity contribution is 6.35. The molecule has 114 valence electrons. The highest BCUT2D eigenvalue weighted by Crippen LogP contribution is 2.21. The van der Waals surface area contributed by atoms with Crippen LogP contribution in [0, 0.1) is 0 Å². The fraction of sp³-hybridized carbons (Fsp3) is 0.455. The molecule has 2 aromatic rings. The lowest BCUT2D eigenvalue weighted by Crippen LogP contribution is -2.28. The van der Waals surface area contributed by atoms with Gasteiger partial charge in [-0.15, -0.1) is 10.2 Å². The van der Waals surface area contributed by atoms with Crippen LogP contribution in [-0.4, -0.2) is 56.5 Å². The third kappa shape index (κ3) is 3.31. The van der Waals surface area contributed by atoms with Crippen LogP contribution < -0.4 is 5.73 Å². The van der Waals surface area contributed by atoms with Crippen molar-refractivity contribution in [3.63, 3.8) is 0 Å². The summed E-state index contributed by atoms with van der Waals surface area (Å²) in [6.07, 6.45) is 1.59. The van der Waals surface area contributed by atoms with Gasteiger partial charge in [0.15, 0.2) is 11.6 Å². The zero-order valence-corrected chi connectivity index (χ0v) is 12.5. The first-order valence-electron chi connectivity index (χ1n) is 6.15. The van der Waals surface area contributed by atoms with E-state index in [1.807, 2.05) is 4.57 Å². The van der Waals surface area contributed by atoms with E-state index >= 15 is 0 Å². The number of rotatable bonds is 6. The number of H-pyrrole nitrogens is 1. The molecule has 2 aromatic heterocycles. The number of halogens is 1. The number of hydrogen-bond acceptors (Lipinski definition) is 6. The molecular formula is C11H16ClN7O2. The average molecular weight is 314 g/mol. The molecule has 3 N–H and O–H groups in total. The minimum atomic E-state index is -0.328. The molecule has 0 saturated carbocycles. The van der Waals surface area contributed by atoms with Crippen LogP contribution in [0.4, 0.5) is 5.82 Å². The molecular weight excluding hydrogens is 298 g/mol. The Morgan fingerprint density at radius 1 is 1.62 bits per heavy atom. The van der Waals surface area contributed by atoms with Crippen molar-refractivity contribution in [3.8, 4) is 0 Å². The minimum Gasteiger partial charge on any atom is -0.383 e. The zero-order chi connectivity index (χ0) is 15.4. The first kappa shape index (κ1) is 15.3. The summed E-state index contributed by atoms with van der Waals surface area (Å²) in [5.74, 6) is 0.411. The molecule has 1 amide bonds. The zero-order valence-electron chi connectivity index (χ0n) is 11.7. The Kier molecular flexibility index (Phi) is 4.76. The molecule has 0 saturated heterocycles. The van der Waals surface area contributed by atoms with Crippen molar-refractivity contribution in [2.24, 2.45) is 0 Å². The lowest BCUT2D eigenvalue weighted by molar-refractivity contribution is 0.0773. The number of hydrogen-bond donors (Lipinski definition) is 2. The highest BCUT2D eigenvalue weighted by Gasteiger charge is 2.21. The predicted octanol–water partition coefficient (Wildman–Crippen LogP) is 0.155. The smallest absolute Gasteiger partial charge is 0.273 e. The van der Waals surface area contributed by atoms with E-state index in [-0.39, 0.29) is 29.0 Å². The molecule has 2 rings (SSSR count). The van der Waals surface area contributed by atoms with Gasteiger partial charge in [0, 0.05) is 20.7 Å². The number of aromatic amines is 1. The van der Waals surface area contributed by atoms with Gasteiger partial charge >= 0.3 is 0 Å². The van der Waals surface area contributed by atoms with Crippen molar-refractivity contribution in [2.45, 2.75) is 13.1 Å². The number of anilines is 1. The fourth-order valence-corrected chi connectivity index (χ4v) is 1.90. The summed E-state index contributed by atoms with van der Waals surface area (Å²) in [4.78, 5) is 13.7. The van der Waals surface area contributed by atoms with Gasteiger partial charge in [-0.05, 0) is 0 Å². The summed E-state index contributed by atoms with van der Waals surface area (Å²) >= 11 is 5.91. The molecule has 0 aromatic carbocycles. The number of nitrogen functional groups attached to an aromatic ring is 1. The van der Waals surface area contributed by atoms with Crippen LogP contribution in [0.2, 0.25) is 5.02 Å². The maximum atomic E-state index is 12.3. The SMILES string of the molecule is COCCn1cnnc1CN(C)C(=O)c1[nH]nc(N)c1Cl. The fourth-order valence-electron chi connectivity index (χ4n) is 1.74. The summed E-state index contributed by atoms with van der Waals surface area (Å²) in [7, 11) is 3.25. The molecule has 0 fully saturated rings. The second kappa shape index (κ2) is 6.55. The van der Waals surface area contributed by atoms with Crippen LogP contribution in [0.25, 0.3) is 0 Å². The second-order valence-corrected chi connectivity index (χ2v) is 4.77. The van der Waals surface area contributed by atoms with Crippen LogP contribution in [0.3, 0.4) is 0 Å². The Morgan fingerprint density at radius 3 is 3.00 bits per heavy atom. The van der Waals surface area contributed by atoms with Crippen molar-refractivity contribution in [1.82, 2.24) is 29.9 Å². The molecule has 21 heavy (non-hydrogen) atoms. The average Bonchev–Trinajstić information content (AvgIpc) is 3.04. The third-order valence-electron chi connectivity index (χ3n) is 2.90. The maximum Gasteiger partial charge on any atom is 0.273 e. The minimum absolute atomic E-state index is 0.0941. The third-order valence-corrected chi connectivity index (χ3v) is 3.29. The van der Waals surface area contributed by atoms with E-state index in [9.17, 15) is 4.79 Å². The molecule has 10 heteroatoms. The first-order valence-corrected chi connectivity index (χ1v) is 6.52. The van der Waals surface area contributed by atoms with E-state index in [1.165, 1.54) is 4.90 Å². The van der Waals surface area contributed by atoms with E-state index < -0.39 is 0 Å². The summed E-state index contributed by atoms with van der Waals surface area (Å²) in [6, 6.07) is 0. The normalized spacial score (nSPS) is 10.8. The lowest BCUT2D eigenvalue weighted by Gasteiger charge is -2.16. The second-order valence-electron chi connectivity index (χ2n) is 4.39. The van der Waals surface area contributed by atoms with Crippen LogP contribution in [0.5, 0.6) is 0 Å². The number of methoxy groups -OCH3 is 1. The number of aromatic nitrogens is 5. The van der Waals surface area contributed by atoms with Gasteiger partial charge in [-0.25, -0.2) is 0 Å². The Hall–Kier alpha value is -2.13. The van der Waals surface area contributed by atoms with Crippen molar-refractivity contribution >= 4 is 23.3 Å². The van der Waals surface area contributed by atoms with Crippen molar-refractivity contribution < 1.29 is 9.53 Å². The number of amides is 1. The van der Waals surface area contributed by atoms with E-state index in [0.29, 0.717) is 19.0 Å². The quantitative estimate of drug-likeness (QED) is 0.784. The monoisotopic (exact) mass is 313 g/mol. The standard InChI is InChI=1S/C11H16ClN7O2/c1-18(11(20)9-8(12)10(13)17-16-9)5-7-15-14-6-19(7)3-4-21-2/h6H,3-5H2,1-2H3,(H3,13,16,17). The predicted molar refractivity (Wildman–Crippen MR) is 75.7 cm³/mol. The number of carbonyl (C=O) groups is 1. The molecule has 0 unspecified atom stereocenters. The Bertz CT molecular complexity index is 624. The van der Waals surface area contributed by atoms with Gasteiger partial charge in [-0.2, -0.15) is 5.10 Å². The van der Waals surface area contributed by atoms with Gasteiger partial charge in [0.05, 0.1) is 13.2 Å². The van der Waals surface area contributed by atoms with Crippen LogP contribution in [0.15, 0.2) is 6.33 Å². The summed E-state index contributed by atoms with van der Waals surface area (Å²) in [5.41, 5.74) is 5.66. The summed E-state index contributed by atoms with van der Waals surface area (Å²) in [5, 5.41) is 14.2. The highest BCUT2D eigenvalue weighted by atomic mass is 35.5. The number of nitrogens with two attached hydrogens (primary N) is 1. The van der Waals surface area contributed by atoms with E-state index in [1.54, 1.807) is 20.5 Å². The van der Waals surface area contributed by atoms with E-state index in [2.05, 4.69) is 20.4 Å². The van der Waals surface area contributed by atoms with Gasteiger partial charge in [0.1, 0.15) is 17.0 Å². The number of ether oxygens (including phenoxy) is 1. The lowest BCUT2D eigenvalue weighted by atomic mass is 10.3. The van der Waals surface area contributed by atoms with Gasteiger partial charge in [0.25, 0.3) is 5.91 Å². The van der Waals surface area contributed by atoms with Gasteiger partial charge in [0.2, 0.25) is 0 Å². The Labute approximate surface area is 126 Å². The van der Waals surface area contributed by atoms with Crippen LogP contribution in [-0.2, 0) is 17.8 Å². The number of carbonyl (C=O) groups excluding carboxylic acids is 1. The van der Waals surface area contributed by atoms with Crippen molar-refractivity contribution in [3.05, 3.63) is 22.9 Å². The molecule has 0 bridgehead atoms. The van der Waals surface area contributed by atoms with Crippen molar-refractivity contribution in [2.75, 3.05) is 26.5 Å². The molecule has 0 aliphatic rings. The molecule has 0 spiro atoms. The van der Waals surface area contributed by atoms with Crippen LogP contribution in [0.1, 0.15) is 16.3 Å². The topological polar surface area (TPSA) is 115 Å². The van der Waals surface area contributed by atoms with Gasteiger partial charge in [-0.1, -0.05) is 11.6 Å². The maximum absolute atomic E-state index is 12.3.